The highest BCUT2D eigenvalue weighted by atomic mass is 28.5. The van der Waals surface area contributed by atoms with Gasteiger partial charge in [0.25, 0.3) is 68.6 Å². The van der Waals surface area contributed by atoms with Crippen molar-refractivity contribution in [2.45, 2.75) is 71.0 Å². The molecule has 0 aliphatic carbocycles. The second-order valence-corrected chi connectivity index (χ2v) is 50.0. The molecule has 3 fully saturated rings. The minimum Gasteiger partial charge on any atom is -0.446 e. The van der Waals surface area contributed by atoms with E-state index < -0.39 is 171 Å². The molecule has 0 saturated carbocycles. The van der Waals surface area contributed by atoms with Gasteiger partial charge in [0.05, 0.1) is 0 Å². The van der Waals surface area contributed by atoms with E-state index in [4.69, 9.17) is 78.2 Å². The molecule has 3 heterocycles. The monoisotopic (exact) mass is 994 g/mol. The molecule has 6 atom stereocenters. The zero-order chi connectivity index (χ0) is 34.9. The van der Waals surface area contributed by atoms with Crippen LogP contribution in [0.15, 0.2) is 0 Å². The minimum absolute atomic E-state index is 0.760. The van der Waals surface area contributed by atoms with E-state index in [1.165, 1.54) is 0 Å². The molecule has 3 rings (SSSR count). The lowest BCUT2D eigenvalue weighted by atomic mass is 10.9. The summed E-state index contributed by atoms with van der Waals surface area (Å²) in [6.07, 6.45) is 0. The van der Waals surface area contributed by atoms with Crippen molar-refractivity contribution < 1.29 is 78.2 Å². The molecule has 0 amide bonds. The Labute approximate surface area is 318 Å². The third-order valence-electron chi connectivity index (χ3n) is 6.30. The van der Waals surface area contributed by atoms with Gasteiger partial charge in [-0.25, -0.2) is 0 Å². The first-order valence-electron chi connectivity index (χ1n) is 15.9. The Balaban J connectivity index is 1.22. The molecular weight excluding hydrogens is 942 g/mol. The maximum absolute atomic E-state index is 6.45. The van der Waals surface area contributed by atoms with E-state index in [0.29, 0.717) is 0 Å². The highest BCUT2D eigenvalue weighted by Crippen LogP contribution is 2.22. The quantitative estimate of drug-likeness (QED) is 0.0992. The van der Waals surface area contributed by atoms with Crippen LogP contribution in [0.3, 0.4) is 0 Å². The van der Waals surface area contributed by atoms with Gasteiger partial charge in [-0.05, 0) is 71.0 Å². The van der Waals surface area contributed by atoms with E-state index >= 15 is 0 Å². The lowest BCUT2D eigenvalue weighted by Crippen LogP contribution is -2.54. The fourth-order valence-electron chi connectivity index (χ4n) is 4.53. The Morgan fingerprint density at radius 1 is 0.417 bits per heavy atom. The number of hydrogen-bond acceptors (Lipinski definition) is 19. The molecule has 19 nitrogen and oxygen atoms in total. The van der Waals surface area contributed by atoms with Crippen LogP contribution in [0.25, 0.3) is 0 Å². The van der Waals surface area contributed by atoms with E-state index in [0.717, 1.165) is 12.1 Å². The molecule has 48 heavy (non-hydrogen) atoms. The molecule has 0 bridgehead atoms. The van der Waals surface area contributed by atoms with Gasteiger partial charge in [0.1, 0.15) is 9.76 Å². The van der Waals surface area contributed by atoms with Crippen LogP contribution < -0.4 is 0 Å². The molecule has 0 aromatic heterocycles. The van der Waals surface area contributed by atoms with E-state index in [9.17, 15) is 0 Å². The van der Waals surface area contributed by atoms with Crippen molar-refractivity contribution in [3.05, 3.63) is 0 Å². The lowest BCUT2D eigenvalue weighted by molar-refractivity contribution is 0.221. The normalized spacial score (nSPS) is 40.6. The maximum atomic E-state index is 6.45. The fourth-order valence-corrected chi connectivity index (χ4v) is 56.4. The van der Waals surface area contributed by atoms with Gasteiger partial charge in [0, 0.05) is 0 Å². The standard InChI is InChI=1S/C11H54O19Si18/c1-37-19-39(3)23-45(24-40(4)20-37)16-34-13-32-12-31-10-11-48(9)29-43(7)27-47(28-44(8)30-48)18-36-15-33-14-35-17-46-25-41(5)21-38(2)22-42(6)26-46/h37-47H,10-11,31-36H2,1-9H3. The zero-order valence-electron chi connectivity index (χ0n) is 29.3. The summed E-state index contributed by atoms with van der Waals surface area (Å²) >= 11 is 0. The summed E-state index contributed by atoms with van der Waals surface area (Å²) in [6, 6.07) is 1.78. The Bertz CT molecular complexity index is 828. The summed E-state index contributed by atoms with van der Waals surface area (Å²) < 4.78 is 113. The smallest absolute Gasteiger partial charge is 0.446 e. The molecule has 0 aromatic rings. The van der Waals surface area contributed by atoms with E-state index in [2.05, 4.69) is 6.55 Å². The topological polar surface area (TPSA) is 175 Å². The van der Waals surface area contributed by atoms with Gasteiger partial charge in [-0.2, -0.15) is 0 Å². The second kappa shape index (κ2) is 25.3. The largest absolute Gasteiger partial charge is 0.456 e. The van der Waals surface area contributed by atoms with Crippen LogP contribution in [0.1, 0.15) is 0 Å². The maximum Gasteiger partial charge on any atom is 0.456 e. The summed E-state index contributed by atoms with van der Waals surface area (Å²) in [7, 11) is -30.7. The molecule has 0 N–H and O–H groups in total. The van der Waals surface area contributed by atoms with Crippen LogP contribution in [0.4, 0.5) is 0 Å². The van der Waals surface area contributed by atoms with Gasteiger partial charge in [0.2, 0.25) is 0 Å². The Morgan fingerprint density at radius 3 is 1.10 bits per heavy atom. The molecule has 284 valence electrons. The first kappa shape index (κ1) is 45.5. The highest BCUT2D eigenvalue weighted by molar-refractivity contribution is 6.81. The van der Waals surface area contributed by atoms with Gasteiger partial charge >= 0.3 is 92.8 Å². The van der Waals surface area contributed by atoms with Crippen molar-refractivity contribution in [2.24, 2.45) is 0 Å². The van der Waals surface area contributed by atoms with Gasteiger partial charge in [-0.3, -0.25) is 0 Å². The van der Waals surface area contributed by atoms with Crippen molar-refractivity contribution in [3.8, 4) is 0 Å². The average molecular weight is 996 g/mol. The van der Waals surface area contributed by atoms with Crippen LogP contribution in [-0.2, 0) is 78.2 Å². The molecule has 6 unspecified atom stereocenters. The molecule has 37 heteroatoms. The van der Waals surface area contributed by atoms with Crippen molar-refractivity contribution in [2.75, 3.05) is 0 Å². The predicted molar refractivity (Wildman–Crippen MR) is 219 cm³/mol. The van der Waals surface area contributed by atoms with Crippen molar-refractivity contribution >= 4 is 171 Å². The molecule has 0 aromatic carbocycles. The Morgan fingerprint density at radius 2 is 0.729 bits per heavy atom. The molecule has 3 saturated heterocycles. The molecule has 3 aliphatic rings. The zero-order valence-corrected chi connectivity index (χ0v) is 51.5. The second-order valence-electron chi connectivity index (χ2n) is 10.9. The predicted octanol–water partition coefficient (Wildman–Crippen LogP) is -8.14. The fraction of sp³-hybridized carbons (Fsp3) is 1.00. The average Bonchev–Trinajstić information content (AvgIpc) is 2.94. The van der Waals surface area contributed by atoms with Crippen molar-refractivity contribution in [1.29, 1.82) is 0 Å². The molecule has 0 spiro atoms. The summed E-state index contributed by atoms with van der Waals surface area (Å²) in [5, 5.41) is 0. The summed E-state index contributed by atoms with van der Waals surface area (Å²) in [4.78, 5) is 0. The minimum atomic E-state index is -2.44. The SMILES string of the molecule is C[SiH]1O[SiH](C)O[SiH](O[SiH2]O[SiH2]O[SiH2]CC[Si]2(C)O[SiH](C)O[SiH](O[SiH2]O[SiH2]O[SiH2]O[SiH]3O[SiH](C)O[SiH](C)O[SiH](C)O3)O[SiH](C)O2)O[SiH](C)O1. The van der Waals surface area contributed by atoms with Crippen molar-refractivity contribution in [1.82, 2.24) is 0 Å². The highest BCUT2D eigenvalue weighted by Gasteiger charge is 2.40. The summed E-state index contributed by atoms with van der Waals surface area (Å²) in [5.41, 5.74) is 0. The van der Waals surface area contributed by atoms with Crippen LogP contribution in [-0.4, -0.2) is 171 Å². The lowest BCUT2D eigenvalue weighted by Gasteiger charge is -2.37. The number of rotatable bonds is 17. The van der Waals surface area contributed by atoms with Crippen LogP contribution >= 0.6 is 0 Å². The number of hydrogen-bond donors (Lipinski definition) is 0. The molecular formula is C11H54O19Si18. The van der Waals surface area contributed by atoms with E-state index in [1.54, 1.807) is 0 Å². The van der Waals surface area contributed by atoms with Gasteiger partial charge < -0.3 is 78.2 Å². The Kier molecular flexibility index (Phi) is 24.0. The van der Waals surface area contributed by atoms with Gasteiger partial charge in [-0.1, -0.05) is 0 Å². The van der Waals surface area contributed by atoms with Crippen LogP contribution in [0.2, 0.25) is 71.0 Å². The first-order chi connectivity index (χ1) is 22.9. The first-order valence-corrected chi connectivity index (χ1v) is 46.8. The van der Waals surface area contributed by atoms with Crippen molar-refractivity contribution in [3.63, 3.8) is 0 Å². The van der Waals surface area contributed by atoms with Crippen LogP contribution in [0, 0.1) is 0 Å². The van der Waals surface area contributed by atoms with E-state index in [-0.39, 0.29) is 0 Å². The Hall–Kier alpha value is 3.14. The summed E-state index contributed by atoms with van der Waals surface area (Å²) in [6.45, 7) is 18.0. The van der Waals surface area contributed by atoms with Gasteiger partial charge in [-0.15, -0.1) is 0 Å². The van der Waals surface area contributed by atoms with E-state index in [1.807, 2.05) is 52.4 Å². The summed E-state index contributed by atoms with van der Waals surface area (Å²) in [5.74, 6) is 0. The third-order valence-corrected chi connectivity index (χ3v) is 53.1. The van der Waals surface area contributed by atoms with Crippen LogP contribution in [0.5, 0.6) is 0 Å². The molecule has 3 aliphatic heterocycles. The van der Waals surface area contributed by atoms with Gasteiger partial charge in [0.15, 0.2) is 0 Å². The molecule has 0 radical (unpaired) electrons. The third kappa shape index (κ3) is 20.2.